The lowest BCUT2D eigenvalue weighted by Gasteiger charge is -2.49. The van der Waals surface area contributed by atoms with Crippen LogP contribution in [0.2, 0.25) is 0 Å². The van der Waals surface area contributed by atoms with Crippen molar-refractivity contribution in [2.24, 2.45) is 11.8 Å². The zero-order chi connectivity index (χ0) is 28.5. The van der Waals surface area contributed by atoms with Crippen LogP contribution >= 0.6 is 0 Å². The molecular weight excluding hydrogens is 524 g/mol. The van der Waals surface area contributed by atoms with Crippen molar-refractivity contribution in [2.45, 2.75) is 11.8 Å². The third kappa shape index (κ3) is 4.71. The number of hydrogen-bond acceptors (Lipinski definition) is 7. The fraction of sp³-hybridized carbons (Fsp3) is 0.212. The zero-order valence-corrected chi connectivity index (χ0v) is 22.5. The van der Waals surface area contributed by atoms with E-state index in [0.717, 1.165) is 11.1 Å². The molecule has 0 spiro atoms. The normalized spacial score (nSPS) is 20.5. The average Bonchev–Trinajstić information content (AvgIpc) is 3.45. The number of carbonyl (C=O) groups excluding carboxylic acids is 1. The summed E-state index contributed by atoms with van der Waals surface area (Å²) in [5.74, 6) is -1.89. The lowest BCUT2D eigenvalue weighted by molar-refractivity contribution is -0.158. The van der Waals surface area contributed by atoms with Crippen LogP contribution in [0, 0.1) is 11.8 Å². The largest absolute Gasteiger partial charge is 0.496 e. The number of aliphatic carboxylic acids is 1. The van der Waals surface area contributed by atoms with E-state index in [-0.39, 0.29) is 6.79 Å². The Labute approximate surface area is 237 Å². The fourth-order valence-electron chi connectivity index (χ4n) is 6.01. The van der Waals surface area contributed by atoms with E-state index >= 15 is 0 Å². The van der Waals surface area contributed by atoms with E-state index in [1.807, 2.05) is 48.5 Å². The third-order valence-corrected chi connectivity index (χ3v) is 7.86. The van der Waals surface area contributed by atoms with Gasteiger partial charge in [-0.3, -0.25) is 9.59 Å². The zero-order valence-electron chi connectivity index (χ0n) is 22.5. The van der Waals surface area contributed by atoms with E-state index in [0.29, 0.717) is 39.9 Å². The maximum absolute atomic E-state index is 14.0. The fourth-order valence-corrected chi connectivity index (χ4v) is 6.01. The molecule has 8 nitrogen and oxygen atoms in total. The number of para-hydroxylation sites is 2. The number of rotatable bonds is 8. The molecule has 2 unspecified atom stereocenters. The molecule has 0 amide bonds. The molecule has 6 rings (SSSR count). The lowest BCUT2D eigenvalue weighted by atomic mass is 9.52. The van der Waals surface area contributed by atoms with Gasteiger partial charge in [-0.1, -0.05) is 54.6 Å². The van der Waals surface area contributed by atoms with Gasteiger partial charge in [0.25, 0.3) is 0 Å². The van der Waals surface area contributed by atoms with E-state index in [9.17, 15) is 14.7 Å². The Balaban J connectivity index is 1.37. The maximum Gasteiger partial charge on any atom is 0.315 e. The minimum atomic E-state index is -1.01. The van der Waals surface area contributed by atoms with Gasteiger partial charge in [0.15, 0.2) is 11.5 Å². The van der Waals surface area contributed by atoms with Crippen LogP contribution in [0.4, 0.5) is 0 Å². The molecule has 0 bridgehead atoms. The van der Waals surface area contributed by atoms with Crippen molar-refractivity contribution >= 4 is 11.9 Å². The smallest absolute Gasteiger partial charge is 0.315 e. The molecule has 1 fully saturated rings. The predicted molar refractivity (Wildman–Crippen MR) is 150 cm³/mol. The van der Waals surface area contributed by atoms with Gasteiger partial charge < -0.3 is 28.8 Å². The summed E-state index contributed by atoms with van der Waals surface area (Å²) in [5.41, 5.74) is 2.99. The molecule has 41 heavy (non-hydrogen) atoms. The Morgan fingerprint density at radius 3 is 1.95 bits per heavy atom. The summed E-state index contributed by atoms with van der Waals surface area (Å²) in [6.07, 6.45) is 0. The quantitative estimate of drug-likeness (QED) is 0.213. The Morgan fingerprint density at radius 1 is 0.707 bits per heavy atom. The molecule has 0 aromatic heterocycles. The van der Waals surface area contributed by atoms with Crippen LogP contribution in [0.5, 0.6) is 28.7 Å². The standard InChI is InChI=1S/C33H28O8/c1-37-24-12-5-3-10-22(24)28-30(32(34)35)29(23-11-4-6-13-25(23)38-2)31(28)33(36)41-21-9-7-8-19(16-21)20-14-15-26-27(17-20)40-18-39-26/h3-17,28-31H,18H2,1-2H3,(H,34,35)/t28-,29?,30+,31?/m1/s1. The molecule has 208 valence electrons. The maximum atomic E-state index is 14.0. The first-order chi connectivity index (χ1) is 20.0. The summed E-state index contributed by atoms with van der Waals surface area (Å²) < 4.78 is 28.0. The number of benzene rings is 4. The van der Waals surface area contributed by atoms with Gasteiger partial charge in [-0.2, -0.15) is 0 Å². The number of hydrogen-bond donors (Lipinski definition) is 1. The summed E-state index contributed by atoms with van der Waals surface area (Å²) >= 11 is 0. The van der Waals surface area contributed by atoms with Crippen molar-refractivity contribution in [3.63, 3.8) is 0 Å². The van der Waals surface area contributed by atoms with E-state index in [2.05, 4.69) is 0 Å². The van der Waals surface area contributed by atoms with Crippen molar-refractivity contribution in [2.75, 3.05) is 21.0 Å². The SMILES string of the molecule is COc1ccccc1C1C(C(=O)Oc2cccc(-c3ccc4c(c3)OCO4)c2)[C@H](c2ccccc2OC)[C@@H]1C(=O)O. The minimum absolute atomic E-state index is 0.176. The van der Waals surface area contributed by atoms with Crippen LogP contribution in [0.25, 0.3) is 11.1 Å². The van der Waals surface area contributed by atoms with Crippen LogP contribution in [0.15, 0.2) is 91.0 Å². The van der Waals surface area contributed by atoms with Gasteiger partial charge in [-0.15, -0.1) is 0 Å². The molecule has 4 aromatic carbocycles. The molecule has 1 aliphatic carbocycles. The summed E-state index contributed by atoms with van der Waals surface area (Å²) in [4.78, 5) is 26.7. The van der Waals surface area contributed by atoms with Crippen molar-refractivity contribution < 1.29 is 38.4 Å². The Hall–Kier alpha value is -4.98. The Bertz CT molecular complexity index is 1560. The van der Waals surface area contributed by atoms with Crippen LogP contribution in [-0.4, -0.2) is 38.1 Å². The molecule has 1 N–H and O–H groups in total. The number of methoxy groups -OCH3 is 2. The van der Waals surface area contributed by atoms with Gasteiger partial charge in [0.05, 0.1) is 26.1 Å². The van der Waals surface area contributed by atoms with Crippen LogP contribution in [0.1, 0.15) is 23.0 Å². The second kappa shape index (κ2) is 10.9. The van der Waals surface area contributed by atoms with E-state index < -0.39 is 35.6 Å². The Morgan fingerprint density at radius 2 is 1.32 bits per heavy atom. The van der Waals surface area contributed by atoms with Crippen molar-refractivity contribution in [1.29, 1.82) is 0 Å². The molecule has 8 heteroatoms. The predicted octanol–water partition coefficient (Wildman–Crippen LogP) is 5.90. The van der Waals surface area contributed by atoms with Crippen molar-refractivity contribution in [3.8, 4) is 39.9 Å². The second-order valence-corrected chi connectivity index (χ2v) is 9.94. The molecular formula is C33H28O8. The third-order valence-electron chi connectivity index (χ3n) is 7.86. The summed E-state index contributed by atoms with van der Waals surface area (Å²) in [6, 6.07) is 27.2. The van der Waals surface area contributed by atoms with Crippen LogP contribution in [-0.2, 0) is 9.59 Å². The van der Waals surface area contributed by atoms with Gasteiger partial charge in [-0.05, 0) is 58.7 Å². The van der Waals surface area contributed by atoms with Gasteiger partial charge in [0.2, 0.25) is 6.79 Å². The van der Waals surface area contributed by atoms with Crippen molar-refractivity contribution in [3.05, 3.63) is 102 Å². The average molecular weight is 553 g/mol. The van der Waals surface area contributed by atoms with Gasteiger partial charge in [-0.25, -0.2) is 0 Å². The summed E-state index contributed by atoms with van der Waals surface area (Å²) in [7, 11) is 3.06. The molecule has 0 saturated heterocycles. The molecule has 1 heterocycles. The first-order valence-corrected chi connectivity index (χ1v) is 13.2. The second-order valence-electron chi connectivity index (χ2n) is 9.94. The molecule has 2 aliphatic rings. The number of carboxylic acids is 1. The van der Waals surface area contributed by atoms with Gasteiger partial charge >= 0.3 is 11.9 Å². The van der Waals surface area contributed by atoms with Gasteiger partial charge in [0.1, 0.15) is 17.2 Å². The number of carbonyl (C=O) groups is 2. The number of ether oxygens (including phenoxy) is 5. The molecule has 1 aliphatic heterocycles. The van der Waals surface area contributed by atoms with E-state index in [4.69, 9.17) is 23.7 Å². The lowest BCUT2D eigenvalue weighted by Crippen LogP contribution is -2.52. The topological polar surface area (TPSA) is 101 Å². The monoisotopic (exact) mass is 552 g/mol. The number of carboxylic acid groups (broad SMARTS) is 1. The van der Waals surface area contributed by atoms with Crippen LogP contribution in [0.3, 0.4) is 0 Å². The molecule has 4 aromatic rings. The number of fused-ring (bicyclic) bond motifs is 1. The highest BCUT2D eigenvalue weighted by Gasteiger charge is 2.60. The highest BCUT2D eigenvalue weighted by molar-refractivity contribution is 5.86. The van der Waals surface area contributed by atoms with Crippen LogP contribution < -0.4 is 23.7 Å². The molecule has 4 atom stereocenters. The summed E-state index contributed by atoms with van der Waals surface area (Å²) in [6.45, 7) is 0.176. The molecule has 0 radical (unpaired) electrons. The minimum Gasteiger partial charge on any atom is -0.496 e. The number of esters is 1. The van der Waals surface area contributed by atoms with Crippen molar-refractivity contribution in [1.82, 2.24) is 0 Å². The molecule has 1 saturated carbocycles. The highest BCUT2D eigenvalue weighted by atomic mass is 16.7. The van der Waals surface area contributed by atoms with Gasteiger partial charge in [0, 0.05) is 11.8 Å². The first-order valence-electron chi connectivity index (χ1n) is 13.2. The highest BCUT2D eigenvalue weighted by Crippen LogP contribution is 2.60. The van der Waals surface area contributed by atoms with E-state index in [1.165, 1.54) is 14.2 Å². The first kappa shape index (κ1) is 26.3. The Kier molecular flexibility index (Phi) is 6.97. The summed E-state index contributed by atoms with van der Waals surface area (Å²) in [5, 5.41) is 10.4. The van der Waals surface area contributed by atoms with E-state index in [1.54, 1.807) is 42.5 Å².